The van der Waals surface area contributed by atoms with Gasteiger partial charge < -0.3 is 4.42 Å². The summed E-state index contributed by atoms with van der Waals surface area (Å²) in [6.45, 7) is 1.69. The van der Waals surface area contributed by atoms with Gasteiger partial charge in [-0.2, -0.15) is 8.42 Å². The molecule has 1 rings (SSSR count). The molecule has 0 amide bonds. The summed E-state index contributed by atoms with van der Waals surface area (Å²) in [7, 11) is -4.00. The molecular formula is C7H10O4S. The smallest absolute Gasteiger partial charge is 0.272 e. The molecule has 0 saturated carbocycles. The molecule has 68 valence electrons. The maximum absolute atomic E-state index is 10.8. The van der Waals surface area contributed by atoms with Gasteiger partial charge in [0.2, 0.25) is 0 Å². The van der Waals surface area contributed by atoms with Crippen molar-refractivity contribution in [3.63, 3.8) is 0 Å². The molecule has 4 nitrogen and oxygen atoms in total. The Morgan fingerprint density at radius 1 is 1.67 bits per heavy atom. The van der Waals surface area contributed by atoms with Crippen LogP contribution in [0.5, 0.6) is 0 Å². The summed E-state index contributed by atoms with van der Waals surface area (Å²) in [5.74, 6) is 0. The fourth-order valence-electron chi connectivity index (χ4n) is 1.08. The zero-order valence-electron chi connectivity index (χ0n) is 6.60. The molecule has 1 atom stereocenters. The first-order valence-corrected chi connectivity index (χ1v) is 5.04. The van der Waals surface area contributed by atoms with Gasteiger partial charge in [0.15, 0.2) is 0 Å². The minimum atomic E-state index is -4.00. The highest BCUT2D eigenvalue weighted by Gasteiger charge is 2.23. The molecule has 0 saturated heterocycles. The zero-order chi connectivity index (χ0) is 9.19. The first-order chi connectivity index (χ1) is 5.55. The van der Waals surface area contributed by atoms with E-state index in [1.165, 1.54) is 18.6 Å². The molecular weight excluding hydrogens is 180 g/mol. The van der Waals surface area contributed by atoms with Gasteiger partial charge in [-0.3, -0.25) is 4.55 Å². The molecule has 1 aromatic heterocycles. The van der Waals surface area contributed by atoms with E-state index in [4.69, 9.17) is 8.97 Å². The van der Waals surface area contributed by atoms with Crippen molar-refractivity contribution in [2.75, 3.05) is 0 Å². The summed E-state index contributed by atoms with van der Waals surface area (Å²) in [6, 6.07) is 1.53. The van der Waals surface area contributed by atoms with Gasteiger partial charge in [-0.1, -0.05) is 6.92 Å². The van der Waals surface area contributed by atoms with E-state index in [-0.39, 0.29) is 0 Å². The monoisotopic (exact) mass is 190 g/mol. The van der Waals surface area contributed by atoms with Gasteiger partial charge in [0, 0.05) is 5.56 Å². The minimum absolute atomic E-state index is 0.332. The molecule has 0 aromatic carbocycles. The molecule has 1 unspecified atom stereocenters. The van der Waals surface area contributed by atoms with Gasteiger partial charge in [0.25, 0.3) is 10.1 Å². The SMILES string of the molecule is CCC(c1ccoc1)S(=O)(=O)O. The highest BCUT2D eigenvalue weighted by atomic mass is 32.2. The standard InChI is InChI=1S/C7H10O4S/c1-2-7(12(8,9)10)6-3-4-11-5-6/h3-5,7H,2H2,1H3,(H,8,9,10). The van der Waals surface area contributed by atoms with E-state index in [9.17, 15) is 8.42 Å². The zero-order valence-corrected chi connectivity index (χ0v) is 7.41. The van der Waals surface area contributed by atoms with Crippen LogP contribution in [0.4, 0.5) is 0 Å². The Balaban J connectivity index is 3.00. The van der Waals surface area contributed by atoms with Gasteiger partial charge in [-0.25, -0.2) is 0 Å². The largest absolute Gasteiger partial charge is 0.472 e. The molecule has 0 radical (unpaired) electrons. The normalized spacial score (nSPS) is 14.5. The third-order valence-electron chi connectivity index (χ3n) is 1.65. The van der Waals surface area contributed by atoms with Crippen molar-refractivity contribution in [1.82, 2.24) is 0 Å². The lowest BCUT2D eigenvalue weighted by atomic mass is 10.2. The van der Waals surface area contributed by atoms with E-state index >= 15 is 0 Å². The Kier molecular flexibility index (Phi) is 2.54. The van der Waals surface area contributed by atoms with Gasteiger partial charge in [-0.15, -0.1) is 0 Å². The second-order valence-corrected chi connectivity index (χ2v) is 4.07. The summed E-state index contributed by atoms with van der Waals surface area (Å²) >= 11 is 0. The van der Waals surface area contributed by atoms with E-state index in [0.717, 1.165) is 0 Å². The van der Waals surface area contributed by atoms with Crippen molar-refractivity contribution >= 4 is 10.1 Å². The van der Waals surface area contributed by atoms with Crippen molar-refractivity contribution in [1.29, 1.82) is 0 Å². The Bertz CT molecular complexity index is 324. The predicted molar refractivity (Wildman–Crippen MR) is 43.3 cm³/mol. The lowest BCUT2D eigenvalue weighted by Gasteiger charge is -2.07. The second kappa shape index (κ2) is 3.28. The van der Waals surface area contributed by atoms with Crippen molar-refractivity contribution in [2.45, 2.75) is 18.6 Å². The van der Waals surface area contributed by atoms with Crippen molar-refractivity contribution in [3.05, 3.63) is 24.2 Å². The van der Waals surface area contributed by atoms with Crippen LogP contribution in [0.25, 0.3) is 0 Å². The third-order valence-corrected chi connectivity index (χ3v) is 2.97. The van der Waals surface area contributed by atoms with Crippen LogP contribution in [0.3, 0.4) is 0 Å². The average molecular weight is 190 g/mol. The Morgan fingerprint density at radius 3 is 2.67 bits per heavy atom. The van der Waals surface area contributed by atoms with E-state index in [1.807, 2.05) is 0 Å². The van der Waals surface area contributed by atoms with E-state index in [1.54, 1.807) is 6.92 Å². The topological polar surface area (TPSA) is 67.5 Å². The molecule has 0 bridgehead atoms. The first-order valence-electron chi connectivity index (χ1n) is 3.54. The molecule has 1 N–H and O–H groups in total. The van der Waals surface area contributed by atoms with Crippen LogP contribution in [-0.2, 0) is 10.1 Å². The molecule has 0 aliphatic carbocycles. The molecule has 1 heterocycles. The van der Waals surface area contributed by atoms with Crippen molar-refractivity contribution in [2.24, 2.45) is 0 Å². The van der Waals surface area contributed by atoms with E-state index < -0.39 is 15.4 Å². The third kappa shape index (κ3) is 1.86. The predicted octanol–water partition coefficient (Wildman–Crippen LogP) is 1.62. The molecule has 0 spiro atoms. The van der Waals surface area contributed by atoms with E-state index in [2.05, 4.69) is 0 Å². The second-order valence-electron chi connectivity index (χ2n) is 2.47. The van der Waals surface area contributed by atoms with Crippen LogP contribution in [0, 0.1) is 0 Å². The van der Waals surface area contributed by atoms with Crippen LogP contribution >= 0.6 is 0 Å². The summed E-state index contributed by atoms with van der Waals surface area (Å²) in [4.78, 5) is 0. The number of hydrogen-bond acceptors (Lipinski definition) is 3. The van der Waals surface area contributed by atoms with Gasteiger partial charge in [0.05, 0.1) is 12.5 Å². The maximum Gasteiger partial charge on any atom is 0.272 e. The van der Waals surface area contributed by atoms with Gasteiger partial charge >= 0.3 is 0 Å². The highest BCUT2D eigenvalue weighted by Crippen LogP contribution is 2.24. The Morgan fingerprint density at radius 2 is 2.33 bits per heavy atom. The maximum atomic E-state index is 10.8. The molecule has 0 aliphatic heterocycles. The van der Waals surface area contributed by atoms with Crippen LogP contribution in [0.1, 0.15) is 24.2 Å². The van der Waals surface area contributed by atoms with Crippen LogP contribution in [-0.4, -0.2) is 13.0 Å². The van der Waals surface area contributed by atoms with Crippen LogP contribution in [0.2, 0.25) is 0 Å². The summed E-state index contributed by atoms with van der Waals surface area (Å²) < 4.78 is 35.0. The minimum Gasteiger partial charge on any atom is -0.472 e. The van der Waals surface area contributed by atoms with Crippen molar-refractivity contribution < 1.29 is 17.4 Å². The van der Waals surface area contributed by atoms with Crippen LogP contribution < -0.4 is 0 Å². The average Bonchev–Trinajstić information content (AvgIpc) is 2.38. The van der Waals surface area contributed by atoms with Gasteiger partial charge in [-0.05, 0) is 12.5 Å². The fourth-order valence-corrected chi connectivity index (χ4v) is 1.98. The number of furan rings is 1. The molecule has 5 heteroatoms. The summed E-state index contributed by atoms with van der Waals surface area (Å²) in [5, 5.41) is -0.865. The fraction of sp³-hybridized carbons (Fsp3) is 0.429. The Labute approximate surface area is 70.9 Å². The van der Waals surface area contributed by atoms with Crippen molar-refractivity contribution in [3.8, 4) is 0 Å². The molecule has 0 fully saturated rings. The van der Waals surface area contributed by atoms with Gasteiger partial charge in [0.1, 0.15) is 5.25 Å². The highest BCUT2D eigenvalue weighted by molar-refractivity contribution is 7.86. The molecule has 1 aromatic rings. The lowest BCUT2D eigenvalue weighted by molar-refractivity contribution is 0.465. The lowest BCUT2D eigenvalue weighted by Crippen LogP contribution is -2.10. The van der Waals surface area contributed by atoms with Crippen LogP contribution in [0.15, 0.2) is 23.0 Å². The summed E-state index contributed by atoms with van der Waals surface area (Å²) in [6.07, 6.45) is 3.03. The van der Waals surface area contributed by atoms with E-state index in [0.29, 0.717) is 12.0 Å². The molecule has 12 heavy (non-hydrogen) atoms. The number of hydrogen-bond donors (Lipinski definition) is 1. The quantitative estimate of drug-likeness (QED) is 0.735. The first kappa shape index (κ1) is 9.28. The molecule has 0 aliphatic rings. The Hall–Kier alpha value is -0.810. The summed E-state index contributed by atoms with van der Waals surface area (Å²) in [5.41, 5.74) is 0.486. The number of rotatable bonds is 3.